The Hall–Kier alpha value is -2.17. The molecule has 0 bridgehead atoms. The van der Waals surface area contributed by atoms with Gasteiger partial charge in [-0.25, -0.2) is 4.79 Å². The average Bonchev–Trinajstić information content (AvgIpc) is 2.48. The molecule has 2 rings (SSSR count). The van der Waals surface area contributed by atoms with E-state index < -0.39 is 5.97 Å². The molecule has 5 heteroatoms. The molecule has 14 heavy (non-hydrogen) atoms. The van der Waals surface area contributed by atoms with Crippen LogP contribution in [0, 0.1) is 0 Å². The zero-order chi connectivity index (χ0) is 10.3. The van der Waals surface area contributed by atoms with E-state index in [4.69, 9.17) is 19.7 Å². The maximum atomic E-state index is 10.6. The second-order valence-electron chi connectivity index (χ2n) is 2.80. The van der Waals surface area contributed by atoms with Gasteiger partial charge in [-0.15, -0.1) is 0 Å². The van der Waals surface area contributed by atoms with Crippen molar-refractivity contribution in [2.75, 3.05) is 0 Å². The van der Waals surface area contributed by atoms with Crippen molar-refractivity contribution in [3.05, 3.63) is 24.2 Å². The van der Waals surface area contributed by atoms with Crippen LogP contribution in [0.4, 0.5) is 0 Å². The van der Waals surface area contributed by atoms with Crippen LogP contribution in [-0.2, 0) is 0 Å². The molecule has 3 N–H and O–H groups in total. The molecule has 2 aromatic rings. The highest BCUT2D eigenvalue weighted by molar-refractivity contribution is 6.02. The number of hydrogen-bond donors (Lipinski definition) is 3. The lowest BCUT2D eigenvalue weighted by Gasteiger charge is -1.96. The third kappa shape index (κ3) is 1.06. The van der Waals surface area contributed by atoms with Gasteiger partial charge < -0.3 is 19.7 Å². The van der Waals surface area contributed by atoms with Crippen LogP contribution in [0.25, 0.3) is 10.8 Å². The van der Waals surface area contributed by atoms with E-state index in [1.165, 1.54) is 12.3 Å². The Kier molecular flexibility index (Phi) is 1.60. The molecule has 1 aromatic heterocycles. The zero-order valence-corrected chi connectivity index (χ0v) is 6.89. The van der Waals surface area contributed by atoms with E-state index in [1.54, 1.807) is 0 Å². The largest absolute Gasteiger partial charge is 0.504 e. The van der Waals surface area contributed by atoms with E-state index >= 15 is 0 Å². The molecule has 0 aliphatic carbocycles. The molecule has 0 atom stereocenters. The first kappa shape index (κ1) is 8.43. The number of furan rings is 1. The minimum atomic E-state index is -1.22. The summed E-state index contributed by atoms with van der Waals surface area (Å²) in [7, 11) is 0. The number of carboxylic acids is 1. The van der Waals surface area contributed by atoms with Crippen molar-refractivity contribution in [2.45, 2.75) is 0 Å². The topological polar surface area (TPSA) is 90.9 Å². The molecule has 0 fully saturated rings. The fraction of sp³-hybridized carbons (Fsp3) is 0. The van der Waals surface area contributed by atoms with Gasteiger partial charge in [-0.05, 0) is 12.1 Å². The Morgan fingerprint density at radius 3 is 2.50 bits per heavy atom. The molecule has 1 aromatic carbocycles. The summed E-state index contributed by atoms with van der Waals surface area (Å²) in [4.78, 5) is 10.6. The Bertz CT molecular complexity index is 511. The standard InChI is InChI=1S/C9H6O5/c10-6-1-4-3-14-8(9(12)13)5(4)2-7(6)11/h1-3,10-11H,(H,12,13). The molecular weight excluding hydrogens is 188 g/mol. The van der Waals surface area contributed by atoms with Gasteiger partial charge in [-0.1, -0.05) is 0 Å². The number of rotatable bonds is 1. The van der Waals surface area contributed by atoms with E-state index in [1.807, 2.05) is 0 Å². The number of phenolic OH excluding ortho intramolecular Hbond substituents is 2. The number of fused-ring (bicyclic) bond motifs is 1. The highest BCUT2D eigenvalue weighted by Crippen LogP contribution is 2.32. The third-order valence-electron chi connectivity index (χ3n) is 1.89. The van der Waals surface area contributed by atoms with Gasteiger partial charge in [0.2, 0.25) is 5.76 Å². The summed E-state index contributed by atoms with van der Waals surface area (Å²) in [6, 6.07) is 2.39. The van der Waals surface area contributed by atoms with Crippen molar-refractivity contribution in [3.8, 4) is 11.5 Å². The Morgan fingerprint density at radius 2 is 1.86 bits per heavy atom. The lowest BCUT2D eigenvalue weighted by atomic mass is 10.1. The fourth-order valence-corrected chi connectivity index (χ4v) is 1.24. The maximum Gasteiger partial charge on any atom is 0.372 e. The summed E-state index contributed by atoms with van der Waals surface area (Å²) >= 11 is 0. The van der Waals surface area contributed by atoms with Gasteiger partial charge in [0.25, 0.3) is 0 Å². The summed E-state index contributed by atoms with van der Waals surface area (Å²) < 4.78 is 4.76. The van der Waals surface area contributed by atoms with Crippen LogP contribution >= 0.6 is 0 Å². The Balaban J connectivity index is 2.80. The van der Waals surface area contributed by atoms with Gasteiger partial charge in [0.05, 0.1) is 6.26 Å². The van der Waals surface area contributed by atoms with Crippen LogP contribution in [0.2, 0.25) is 0 Å². The van der Waals surface area contributed by atoms with Crippen molar-refractivity contribution in [3.63, 3.8) is 0 Å². The minimum absolute atomic E-state index is 0.254. The number of carboxylic acid groups (broad SMARTS) is 1. The summed E-state index contributed by atoms with van der Waals surface area (Å²) in [6.45, 7) is 0. The van der Waals surface area contributed by atoms with Gasteiger partial charge in [0.15, 0.2) is 11.5 Å². The normalized spacial score (nSPS) is 10.6. The predicted octanol–water partition coefficient (Wildman–Crippen LogP) is 1.54. The number of hydrogen-bond acceptors (Lipinski definition) is 4. The van der Waals surface area contributed by atoms with E-state index in [2.05, 4.69) is 0 Å². The lowest BCUT2D eigenvalue weighted by molar-refractivity contribution is 0.0665. The van der Waals surface area contributed by atoms with Crippen LogP contribution in [0.5, 0.6) is 11.5 Å². The minimum Gasteiger partial charge on any atom is -0.504 e. The number of benzene rings is 1. The van der Waals surface area contributed by atoms with Gasteiger partial charge in [-0.3, -0.25) is 0 Å². The van der Waals surface area contributed by atoms with Gasteiger partial charge >= 0.3 is 5.97 Å². The highest BCUT2D eigenvalue weighted by Gasteiger charge is 2.15. The second kappa shape index (κ2) is 2.66. The highest BCUT2D eigenvalue weighted by atomic mass is 16.4. The van der Waals surface area contributed by atoms with Gasteiger partial charge in [-0.2, -0.15) is 0 Å². The first-order valence-corrected chi connectivity index (χ1v) is 3.76. The van der Waals surface area contributed by atoms with Crippen molar-refractivity contribution in [2.24, 2.45) is 0 Å². The van der Waals surface area contributed by atoms with E-state index in [-0.39, 0.29) is 22.6 Å². The molecule has 0 amide bonds. The van der Waals surface area contributed by atoms with Crippen LogP contribution in [0.1, 0.15) is 10.6 Å². The first-order valence-electron chi connectivity index (χ1n) is 3.76. The molecule has 0 unspecified atom stereocenters. The van der Waals surface area contributed by atoms with E-state index in [0.29, 0.717) is 5.39 Å². The maximum absolute atomic E-state index is 10.6. The molecule has 1 heterocycles. The van der Waals surface area contributed by atoms with E-state index in [0.717, 1.165) is 6.07 Å². The van der Waals surface area contributed by atoms with Crippen LogP contribution in [0.3, 0.4) is 0 Å². The SMILES string of the molecule is O=C(O)c1occ2cc(O)c(O)cc12. The molecule has 0 spiro atoms. The number of aromatic carboxylic acids is 1. The predicted molar refractivity (Wildman–Crippen MR) is 46.5 cm³/mol. The van der Waals surface area contributed by atoms with Crippen molar-refractivity contribution >= 4 is 16.7 Å². The molecule has 0 aliphatic heterocycles. The van der Waals surface area contributed by atoms with E-state index in [9.17, 15) is 4.79 Å². The molecule has 0 saturated carbocycles. The van der Waals surface area contributed by atoms with Crippen molar-refractivity contribution in [1.82, 2.24) is 0 Å². The molecule has 0 saturated heterocycles. The zero-order valence-electron chi connectivity index (χ0n) is 6.89. The van der Waals surface area contributed by atoms with Crippen LogP contribution in [0.15, 0.2) is 22.8 Å². The number of phenols is 2. The molecular formula is C9H6O5. The monoisotopic (exact) mass is 194 g/mol. The smallest absolute Gasteiger partial charge is 0.372 e. The van der Waals surface area contributed by atoms with Crippen LogP contribution < -0.4 is 0 Å². The third-order valence-corrected chi connectivity index (χ3v) is 1.89. The number of aromatic hydroxyl groups is 2. The summed E-state index contributed by atoms with van der Waals surface area (Å²) in [6.07, 6.45) is 1.21. The summed E-state index contributed by atoms with van der Waals surface area (Å²) in [5, 5.41) is 27.7. The number of carbonyl (C=O) groups is 1. The first-order chi connectivity index (χ1) is 6.59. The quantitative estimate of drug-likeness (QED) is 0.599. The molecule has 72 valence electrons. The lowest BCUT2D eigenvalue weighted by Crippen LogP contribution is -1.93. The Morgan fingerprint density at radius 1 is 1.21 bits per heavy atom. The van der Waals surface area contributed by atoms with Crippen molar-refractivity contribution in [1.29, 1.82) is 0 Å². The van der Waals surface area contributed by atoms with Gasteiger partial charge in [0, 0.05) is 10.8 Å². The fourth-order valence-electron chi connectivity index (χ4n) is 1.24. The van der Waals surface area contributed by atoms with Crippen molar-refractivity contribution < 1.29 is 24.5 Å². The molecule has 0 aliphatic rings. The second-order valence-corrected chi connectivity index (χ2v) is 2.80. The van der Waals surface area contributed by atoms with Crippen LogP contribution in [-0.4, -0.2) is 21.3 Å². The summed E-state index contributed by atoms with van der Waals surface area (Å²) in [5.74, 6) is -2.16. The summed E-state index contributed by atoms with van der Waals surface area (Å²) in [5.41, 5.74) is 0. The Labute approximate surface area is 77.8 Å². The molecule has 0 radical (unpaired) electrons. The average molecular weight is 194 g/mol. The van der Waals surface area contributed by atoms with Gasteiger partial charge in [0.1, 0.15) is 0 Å². The molecule has 5 nitrogen and oxygen atoms in total.